The maximum absolute atomic E-state index is 12.2. The largest absolute Gasteiger partial charge is 0.573 e. The first-order valence-electron chi connectivity index (χ1n) is 7.41. The summed E-state index contributed by atoms with van der Waals surface area (Å²) in [5, 5.41) is 3.08. The second kappa shape index (κ2) is 6.80. The number of ether oxygens (including phenoxy) is 1. The third-order valence-electron chi connectivity index (χ3n) is 3.38. The summed E-state index contributed by atoms with van der Waals surface area (Å²) in [7, 11) is 0. The zero-order valence-electron chi connectivity index (χ0n) is 13.2. The van der Waals surface area contributed by atoms with E-state index in [-0.39, 0.29) is 5.75 Å². The molecule has 2 aromatic carbocycles. The molecular formula is C18H14F3N3O. The Morgan fingerprint density at radius 3 is 2.00 bits per heavy atom. The maximum atomic E-state index is 12.2. The summed E-state index contributed by atoms with van der Waals surface area (Å²) >= 11 is 0. The van der Waals surface area contributed by atoms with Crippen LogP contribution in [0.15, 0.2) is 60.9 Å². The second-order valence-electron chi connectivity index (χ2n) is 5.36. The van der Waals surface area contributed by atoms with Gasteiger partial charge in [-0.15, -0.1) is 13.2 Å². The van der Waals surface area contributed by atoms with E-state index in [4.69, 9.17) is 0 Å². The molecule has 3 rings (SSSR count). The Bertz CT molecular complexity index is 829. The van der Waals surface area contributed by atoms with Gasteiger partial charge in [0.15, 0.2) is 0 Å². The Balaban J connectivity index is 1.70. The van der Waals surface area contributed by atoms with Crippen LogP contribution in [0.5, 0.6) is 5.75 Å². The van der Waals surface area contributed by atoms with Gasteiger partial charge in [-0.3, -0.25) is 0 Å². The van der Waals surface area contributed by atoms with Crippen LogP contribution in [0.25, 0.3) is 11.1 Å². The number of aryl methyl sites for hydroxylation is 1. The first-order chi connectivity index (χ1) is 11.9. The molecule has 0 fully saturated rings. The van der Waals surface area contributed by atoms with E-state index in [1.807, 2.05) is 31.2 Å². The van der Waals surface area contributed by atoms with Gasteiger partial charge in [-0.2, -0.15) is 0 Å². The van der Waals surface area contributed by atoms with E-state index in [0.717, 1.165) is 11.3 Å². The predicted molar refractivity (Wildman–Crippen MR) is 88.6 cm³/mol. The number of aromatic nitrogens is 2. The van der Waals surface area contributed by atoms with Gasteiger partial charge in [0.25, 0.3) is 0 Å². The molecule has 0 radical (unpaired) electrons. The van der Waals surface area contributed by atoms with Crippen LogP contribution in [0.1, 0.15) is 5.56 Å². The van der Waals surface area contributed by atoms with Crippen LogP contribution in [-0.4, -0.2) is 16.3 Å². The van der Waals surface area contributed by atoms with Gasteiger partial charge >= 0.3 is 6.36 Å². The van der Waals surface area contributed by atoms with Crippen LogP contribution in [0.2, 0.25) is 0 Å². The molecule has 0 saturated heterocycles. The van der Waals surface area contributed by atoms with Crippen molar-refractivity contribution in [3.8, 4) is 16.9 Å². The molecule has 3 aromatic rings. The molecule has 0 spiro atoms. The van der Waals surface area contributed by atoms with Gasteiger partial charge in [0, 0.05) is 23.6 Å². The van der Waals surface area contributed by atoms with Gasteiger partial charge in [-0.05, 0) is 36.8 Å². The van der Waals surface area contributed by atoms with Gasteiger partial charge in [-0.25, -0.2) is 9.97 Å². The van der Waals surface area contributed by atoms with Gasteiger partial charge in [-0.1, -0.05) is 29.8 Å². The molecule has 0 aliphatic heterocycles. The molecule has 7 heteroatoms. The second-order valence-corrected chi connectivity index (χ2v) is 5.36. The van der Waals surface area contributed by atoms with Crippen molar-refractivity contribution < 1.29 is 17.9 Å². The standard InChI is InChI=1S/C18H14F3N3O/c1-12-2-6-15(7-3-12)24-17-22-10-14(11-23-17)13-4-8-16(9-5-13)25-18(19,20)21/h2-11H,1H3,(H,22,23,24). The van der Waals surface area contributed by atoms with Crippen molar-refractivity contribution in [2.45, 2.75) is 13.3 Å². The molecule has 4 nitrogen and oxygen atoms in total. The number of rotatable bonds is 4. The highest BCUT2D eigenvalue weighted by atomic mass is 19.4. The molecule has 1 aromatic heterocycles. The fraction of sp³-hybridized carbons (Fsp3) is 0.111. The van der Waals surface area contributed by atoms with Crippen LogP contribution in [0.4, 0.5) is 24.8 Å². The molecular weight excluding hydrogens is 331 g/mol. The Morgan fingerprint density at radius 1 is 0.840 bits per heavy atom. The molecule has 0 amide bonds. The van der Waals surface area contributed by atoms with Gasteiger partial charge < -0.3 is 10.1 Å². The molecule has 0 aliphatic carbocycles. The summed E-state index contributed by atoms with van der Waals surface area (Å²) in [6.07, 6.45) is -1.50. The van der Waals surface area contributed by atoms with E-state index >= 15 is 0 Å². The number of halogens is 3. The molecule has 0 bridgehead atoms. The summed E-state index contributed by atoms with van der Waals surface area (Å²) < 4.78 is 40.3. The normalized spacial score (nSPS) is 11.2. The minimum Gasteiger partial charge on any atom is -0.406 e. The quantitative estimate of drug-likeness (QED) is 0.715. The minimum absolute atomic E-state index is 0.269. The van der Waals surface area contributed by atoms with Crippen LogP contribution < -0.4 is 10.1 Å². The first-order valence-corrected chi connectivity index (χ1v) is 7.41. The Labute approximate surface area is 142 Å². The van der Waals surface area contributed by atoms with E-state index < -0.39 is 6.36 Å². The molecule has 1 heterocycles. The van der Waals surface area contributed by atoms with Crippen molar-refractivity contribution in [1.82, 2.24) is 9.97 Å². The van der Waals surface area contributed by atoms with E-state index in [2.05, 4.69) is 20.0 Å². The van der Waals surface area contributed by atoms with Gasteiger partial charge in [0.05, 0.1) is 0 Å². The number of alkyl halides is 3. The van der Waals surface area contributed by atoms with E-state index in [0.29, 0.717) is 17.1 Å². The Hall–Kier alpha value is -3.09. The molecule has 0 aliphatic rings. The number of hydrogen-bond acceptors (Lipinski definition) is 4. The lowest BCUT2D eigenvalue weighted by atomic mass is 10.1. The number of nitrogens with zero attached hydrogens (tertiary/aromatic N) is 2. The first kappa shape index (κ1) is 16.8. The van der Waals surface area contributed by atoms with Crippen molar-refractivity contribution in [1.29, 1.82) is 0 Å². The number of hydrogen-bond donors (Lipinski definition) is 1. The van der Waals surface area contributed by atoms with Crippen molar-refractivity contribution >= 4 is 11.6 Å². The zero-order valence-corrected chi connectivity index (χ0v) is 13.2. The van der Waals surface area contributed by atoms with Crippen LogP contribution in [0, 0.1) is 6.92 Å². The van der Waals surface area contributed by atoms with Crippen LogP contribution in [-0.2, 0) is 0 Å². The van der Waals surface area contributed by atoms with Crippen molar-refractivity contribution in [2.75, 3.05) is 5.32 Å². The summed E-state index contributed by atoms with van der Waals surface area (Å²) in [5.41, 5.74) is 3.40. The van der Waals surface area contributed by atoms with E-state index in [9.17, 15) is 13.2 Å². The summed E-state index contributed by atoms with van der Waals surface area (Å²) in [6, 6.07) is 13.3. The topological polar surface area (TPSA) is 47.0 Å². The van der Waals surface area contributed by atoms with Gasteiger partial charge in [0.1, 0.15) is 5.75 Å². The highest BCUT2D eigenvalue weighted by Gasteiger charge is 2.30. The average molecular weight is 345 g/mol. The van der Waals surface area contributed by atoms with E-state index in [1.165, 1.54) is 24.3 Å². The minimum atomic E-state index is -4.70. The monoisotopic (exact) mass is 345 g/mol. The molecule has 0 atom stereocenters. The summed E-state index contributed by atoms with van der Waals surface area (Å²) in [4.78, 5) is 8.44. The zero-order chi connectivity index (χ0) is 17.9. The molecule has 128 valence electrons. The lowest BCUT2D eigenvalue weighted by Crippen LogP contribution is -2.16. The Morgan fingerprint density at radius 2 is 1.44 bits per heavy atom. The van der Waals surface area contributed by atoms with Crippen molar-refractivity contribution in [2.24, 2.45) is 0 Å². The highest BCUT2D eigenvalue weighted by molar-refractivity contribution is 5.63. The summed E-state index contributed by atoms with van der Waals surface area (Å²) in [6.45, 7) is 2.00. The maximum Gasteiger partial charge on any atom is 0.573 e. The van der Waals surface area contributed by atoms with Crippen LogP contribution in [0.3, 0.4) is 0 Å². The molecule has 0 saturated carbocycles. The lowest BCUT2D eigenvalue weighted by Gasteiger charge is -2.09. The van der Waals surface area contributed by atoms with Crippen molar-refractivity contribution in [3.05, 3.63) is 66.5 Å². The third kappa shape index (κ3) is 4.69. The number of anilines is 2. The average Bonchev–Trinajstić information content (AvgIpc) is 2.57. The van der Waals surface area contributed by atoms with Gasteiger partial charge in [0.2, 0.25) is 5.95 Å². The Kier molecular flexibility index (Phi) is 4.56. The fourth-order valence-electron chi connectivity index (χ4n) is 2.16. The number of nitrogens with one attached hydrogen (secondary N) is 1. The van der Waals surface area contributed by atoms with Crippen molar-refractivity contribution in [3.63, 3.8) is 0 Å². The highest BCUT2D eigenvalue weighted by Crippen LogP contribution is 2.26. The smallest absolute Gasteiger partial charge is 0.406 e. The lowest BCUT2D eigenvalue weighted by molar-refractivity contribution is -0.274. The number of benzene rings is 2. The fourth-order valence-corrected chi connectivity index (χ4v) is 2.16. The molecule has 1 N–H and O–H groups in total. The van der Waals surface area contributed by atoms with E-state index in [1.54, 1.807) is 12.4 Å². The molecule has 25 heavy (non-hydrogen) atoms. The third-order valence-corrected chi connectivity index (χ3v) is 3.38. The molecule has 0 unspecified atom stereocenters. The predicted octanol–water partition coefficient (Wildman–Crippen LogP) is 5.09. The SMILES string of the molecule is Cc1ccc(Nc2ncc(-c3ccc(OC(F)(F)F)cc3)cn2)cc1. The summed E-state index contributed by atoms with van der Waals surface area (Å²) in [5.74, 6) is 0.166. The van der Waals surface area contributed by atoms with Crippen LogP contribution >= 0.6 is 0 Å².